The fraction of sp³-hybridized carbons (Fsp3) is 0.750. The van der Waals surface area contributed by atoms with Crippen molar-refractivity contribution in [2.75, 3.05) is 18.4 Å². The molecule has 0 aliphatic carbocycles. The summed E-state index contributed by atoms with van der Waals surface area (Å²) in [6.45, 7) is 1.26. The minimum atomic E-state index is 0.576. The zero-order chi connectivity index (χ0) is 7.40. The van der Waals surface area contributed by atoms with Gasteiger partial charge in [-0.15, -0.1) is 0 Å². The van der Waals surface area contributed by atoms with Crippen molar-refractivity contribution in [2.45, 2.75) is 0 Å². The van der Waals surface area contributed by atoms with E-state index in [4.69, 9.17) is 5.73 Å². The lowest BCUT2D eigenvalue weighted by Crippen LogP contribution is -2.15. The van der Waals surface area contributed by atoms with E-state index in [1.165, 1.54) is 0 Å². The Kier molecular flexibility index (Phi) is 2.16. The van der Waals surface area contributed by atoms with Crippen LogP contribution in [0.2, 0.25) is 0 Å². The van der Waals surface area contributed by atoms with Gasteiger partial charge in [0, 0.05) is 20.1 Å². The molecule has 0 spiro atoms. The van der Waals surface area contributed by atoms with E-state index in [0.29, 0.717) is 19.0 Å². The molecule has 0 aliphatic rings. The van der Waals surface area contributed by atoms with Crippen molar-refractivity contribution >= 4 is 5.95 Å². The largest absolute Gasteiger partial charge is 0.352 e. The van der Waals surface area contributed by atoms with Gasteiger partial charge in [0.05, 0.1) is 0 Å². The van der Waals surface area contributed by atoms with Crippen LogP contribution in [0.15, 0.2) is 0 Å². The first-order valence-corrected chi connectivity index (χ1v) is 3.01. The van der Waals surface area contributed by atoms with Crippen LogP contribution in [0.4, 0.5) is 5.95 Å². The Labute approximate surface area is 58.4 Å². The van der Waals surface area contributed by atoms with Gasteiger partial charge in [0.25, 0.3) is 0 Å². The lowest BCUT2D eigenvalue weighted by atomic mass is 10.6. The van der Waals surface area contributed by atoms with Gasteiger partial charge in [-0.3, -0.25) is 0 Å². The maximum atomic E-state index is 5.25. The standard InChI is InChI=1S/C4H10N6/c1-10-4(6-3-2-5)7-8-9-10/h2-3,5H2,1H3,(H,6,7,9). The first-order chi connectivity index (χ1) is 4.84. The molecule has 0 bridgehead atoms. The molecule has 0 fully saturated rings. The van der Waals surface area contributed by atoms with E-state index in [0.717, 1.165) is 0 Å². The molecule has 10 heavy (non-hydrogen) atoms. The summed E-state index contributed by atoms with van der Waals surface area (Å²) in [6, 6.07) is 0. The first-order valence-electron chi connectivity index (χ1n) is 3.01. The summed E-state index contributed by atoms with van der Waals surface area (Å²) < 4.78 is 1.55. The average molecular weight is 142 g/mol. The molecule has 0 amide bonds. The van der Waals surface area contributed by atoms with E-state index in [2.05, 4.69) is 20.8 Å². The molecule has 0 aliphatic heterocycles. The molecule has 1 aromatic rings. The second-order valence-electron chi connectivity index (χ2n) is 1.84. The van der Waals surface area contributed by atoms with Crippen LogP contribution in [0.5, 0.6) is 0 Å². The Morgan fingerprint density at radius 3 is 3.00 bits per heavy atom. The molecule has 3 N–H and O–H groups in total. The lowest BCUT2D eigenvalue weighted by molar-refractivity contribution is 0.712. The third-order valence-corrected chi connectivity index (χ3v) is 1.05. The van der Waals surface area contributed by atoms with Crippen LogP contribution in [0.1, 0.15) is 0 Å². The van der Waals surface area contributed by atoms with Crippen molar-refractivity contribution in [2.24, 2.45) is 12.8 Å². The van der Waals surface area contributed by atoms with Gasteiger partial charge in [-0.1, -0.05) is 5.10 Å². The van der Waals surface area contributed by atoms with E-state index in [9.17, 15) is 0 Å². The van der Waals surface area contributed by atoms with E-state index in [1.54, 1.807) is 11.7 Å². The quantitative estimate of drug-likeness (QED) is 0.541. The Bertz CT molecular complexity index is 193. The number of nitrogens with zero attached hydrogens (tertiary/aromatic N) is 4. The predicted molar refractivity (Wildman–Crippen MR) is 36.3 cm³/mol. The van der Waals surface area contributed by atoms with E-state index >= 15 is 0 Å². The molecule has 56 valence electrons. The highest BCUT2D eigenvalue weighted by Crippen LogP contribution is 1.92. The van der Waals surface area contributed by atoms with Crippen LogP contribution in [0.3, 0.4) is 0 Å². The molecule has 1 rings (SSSR count). The highest BCUT2D eigenvalue weighted by atomic mass is 15.6. The van der Waals surface area contributed by atoms with Gasteiger partial charge in [-0.05, 0) is 10.4 Å². The molecule has 0 saturated heterocycles. The van der Waals surface area contributed by atoms with Crippen LogP contribution in [-0.4, -0.2) is 33.3 Å². The van der Waals surface area contributed by atoms with Crippen LogP contribution < -0.4 is 11.1 Å². The number of tetrazole rings is 1. The SMILES string of the molecule is Cn1nnnc1NCCN. The van der Waals surface area contributed by atoms with Crippen LogP contribution in [0.25, 0.3) is 0 Å². The predicted octanol–water partition coefficient (Wildman–Crippen LogP) is -1.42. The Morgan fingerprint density at radius 1 is 1.70 bits per heavy atom. The van der Waals surface area contributed by atoms with Gasteiger partial charge in [-0.2, -0.15) is 0 Å². The van der Waals surface area contributed by atoms with Crippen molar-refractivity contribution in [1.29, 1.82) is 0 Å². The Balaban J connectivity index is 2.49. The number of hydrogen-bond acceptors (Lipinski definition) is 5. The Morgan fingerprint density at radius 2 is 2.50 bits per heavy atom. The summed E-state index contributed by atoms with van der Waals surface area (Å²) in [5, 5.41) is 13.7. The summed E-state index contributed by atoms with van der Waals surface area (Å²) in [7, 11) is 1.76. The molecule has 0 aromatic carbocycles. The van der Waals surface area contributed by atoms with Gasteiger partial charge >= 0.3 is 0 Å². The van der Waals surface area contributed by atoms with Crippen LogP contribution in [0, 0.1) is 0 Å². The molecular formula is C4H10N6. The number of hydrogen-bond donors (Lipinski definition) is 2. The van der Waals surface area contributed by atoms with E-state index < -0.39 is 0 Å². The second-order valence-corrected chi connectivity index (χ2v) is 1.84. The fourth-order valence-corrected chi connectivity index (χ4v) is 0.563. The smallest absolute Gasteiger partial charge is 0.242 e. The van der Waals surface area contributed by atoms with Gasteiger partial charge in [0.2, 0.25) is 5.95 Å². The van der Waals surface area contributed by atoms with Crippen LogP contribution >= 0.6 is 0 Å². The van der Waals surface area contributed by atoms with E-state index in [1.807, 2.05) is 0 Å². The van der Waals surface area contributed by atoms with E-state index in [-0.39, 0.29) is 0 Å². The number of aryl methyl sites for hydroxylation is 1. The molecule has 0 atom stereocenters. The molecule has 6 nitrogen and oxygen atoms in total. The topological polar surface area (TPSA) is 81.7 Å². The molecule has 0 saturated carbocycles. The van der Waals surface area contributed by atoms with Gasteiger partial charge in [-0.25, -0.2) is 4.68 Å². The maximum Gasteiger partial charge on any atom is 0.242 e. The van der Waals surface area contributed by atoms with Crippen molar-refractivity contribution in [1.82, 2.24) is 20.2 Å². The molecule has 1 heterocycles. The number of aromatic nitrogens is 4. The summed E-state index contributed by atoms with van der Waals surface area (Å²) in [5.41, 5.74) is 5.25. The zero-order valence-electron chi connectivity index (χ0n) is 5.78. The highest BCUT2D eigenvalue weighted by Gasteiger charge is 1.96. The highest BCUT2D eigenvalue weighted by molar-refractivity contribution is 5.20. The zero-order valence-corrected chi connectivity index (χ0v) is 5.78. The molecule has 0 unspecified atom stereocenters. The first kappa shape index (κ1) is 6.94. The normalized spacial score (nSPS) is 9.80. The number of nitrogens with two attached hydrogens (primary N) is 1. The lowest BCUT2D eigenvalue weighted by Gasteiger charge is -1.98. The second kappa shape index (κ2) is 3.11. The van der Waals surface area contributed by atoms with Crippen molar-refractivity contribution in [3.8, 4) is 0 Å². The summed E-state index contributed by atoms with van der Waals surface area (Å²) >= 11 is 0. The van der Waals surface area contributed by atoms with Gasteiger partial charge in [0.1, 0.15) is 0 Å². The summed E-state index contributed by atoms with van der Waals surface area (Å²) in [4.78, 5) is 0. The minimum absolute atomic E-state index is 0.576. The summed E-state index contributed by atoms with van der Waals surface area (Å²) in [5.74, 6) is 0.644. The van der Waals surface area contributed by atoms with Gasteiger partial charge in [0.15, 0.2) is 0 Å². The van der Waals surface area contributed by atoms with Crippen molar-refractivity contribution in [3.05, 3.63) is 0 Å². The average Bonchev–Trinajstić information content (AvgIpc) is 2.31. The maximum absolute atomic E-state index is 5.25. The van der Waals surface area contributed by atoms with Crippen LogP contribution in [-0.2, 0) is 7.05 Å². The fourth-order valence-electron chi connectivity index (χ4n) is 0.563. The van der Waals surface area contributed by atoms with Gasteiger partial charge < -0.3 is 11.1 Å². The minimum Gasteiger partial charge on any atom is -0.352 e. The molecular weight excluding hydrogens is 132 g/mol. The summed E-state index contributed by atoms with van der Waals surface area (Å²) in [6.07, 6.45) is 0. The molecule has 6 heteroatoms. The Hall–Kier alpha value is -1.17. The third-order valence-electron chi connectivity index (χ3n) is 1.05. The third kappa shape index (κ3) is 1.41. The molecule has 1 aromatic heterocycles. The monoisotopic (exact) mass is 142 g/mol. The van der Waals surface area contributed by atoms with Crippen molar-refractivity contribution < 1.29 is 0 Å². The molecule has 0 radical (unpaired) electrons. The van der Waals surface area contributed by atoms with Crippen molar-refractivity contribution in [3.63, 3.8) is 0 Å². The number of anilines is 1. The number of nitrogens with one attached hydrogen (secondary N) is 1. The number of rotatable bonds is 3.